The van der Waals surface area contributed by atoms with Gasteiger partial charge in [0.15, 0.2) is 5.54 Å². The molecule has 1 atom stereocenters. The smallest absolute Gasteiger partial charge is 0.332 e. The van der Waals surface area contributed by atoms with Gasteiger partial charge in [-0.05, 0) is 44.5 Å². The number of fused-ring (bicyclic) bond motifs is 1. The second-order valence-electron chi connectivity index (χ2n) is 6.74. The van der Waals surface area contributed by atoms with E-state index >= 15 is 0 Å². The van der Waals surface area contributed by atoms with Gasteiger partial charge in [-0.2, -0.15) is 0 Å². The van der Waals surface area contributed by atoms with Crippen LogP contribution in [0.2, 0.25) is 0 Å². The van der Waals surface area contributed by atoms with Crippen LogP contribution in [-0.2, 0) is 15.1 Å². The predicted octanol–water partition coefficient (Wildman–Crippen LogP) is 4.32. The van der Waals surface area contributed by atoms with Crippen molar-refractivity contribution in [3.63, 3.8) is 0 Å². The van der Waals surface area contributed by atoms with Crippen LogP contribution in [0.15, 0.2) is 30.3 Å². The summed E-state index contributed by atoms with van der Waals surface area (Å²) in [4.78, 5) is 16.6. The maximum absolute atomic E-state index is 12.1. The molecule has 5 heteroatoms. The molecule has 5 nitrogen and oxygen atoms in total. The van der Waals surface area contributed by atoms with Crippen molar-refractivity contribution in [1.82, 2.24) is 4.98 Å². The number of nitrogens with zero attached hydrogens (tertiary/aromatic N) is 1. The zero-order valence-electron chi connectivity index (χ0n) is 16.1. The molecule has 1 heterocycles. The fourth-order valence-electron chi connectivity index (χ4n) is 2.76. The standard InChI is InChI=1S/C21H30N2O3/c1-4-6-7-8-9-14-26-17-11-12-18-16(15-17)10-13-19(23-18)21(3,22)20(24)25-5-2/h10-13,15H,4-9,14,22H2,1-3H3/t21-/m0/s1. The molecule has 0 unspecified atom stereocenters. The van der Waals surface area contributed by atoms with Crippen molar-refractivity contribution in [2.45, 2.75) is 58.4 Å². The molecular formula is C21H30N2O3. The molecule has 0 bridgehead atoms. The van der Waals surface area contributed by atoms with Gasteiger partial charge < -0.3 is 15.2 Å². The van der Waals surface area contributed by atoms with Gasteiger partial charge in [0, 0.05) is 5.39 Å². The van der Waals surface area contributed by atoms with Crippen LogP contribution < -0.4 is 10.5 Å². The number of carbonyl (C=O) groups excluding carboxylic acids is 1. The number of benzene rings is 1. The van der Waals surface area contributed by atoms with E-state index in [2.05, 4.69) is 11.9 Å². The summed E-state index contributed by atoms with van der Waals surface area (Å²) in [6.07, 6.45) is 6.08. The van der Waals surface area contributed by atoms with Gasteiger partial charge >= 0.3 is 5.97 Å². The van der Waals surface area contributed by atoms with Gasteiger partial charge in [0.05, 0.1) is 24.4 Å². The largest absolute Gasteiger partial charge is 0.494 e. The number of pyridine rings is 1. The number of esters is 1. The van der Waals surface area contributed by atoms with Crippen LogP contribution in [0.4, 0.5) is 0 Å². The number of rotatable bonds is 10. The Morgan fingerprint density at radius 3 is 2.62 bits per heavy atom. The minimum Gasteiger partial charge on any atom is -0.494 e. The van der Waals surface area contributed by atoms with Gasteiger partial charge in [-0.15, -0.1) is 0 Å². The van der Waals surface area contributed by atoms with Crippen molar-refractivity contribution >= 4 is 16.9 Å². The van der Waals surface area contributed by atoms with Crippen LogP contribution in [0.3, 0.4) is 0 Å². The summed E-state index contributed by atoms with van der Waals surface area (Å²) >= 11 is 0. The molecule has 1 aromatic carbocycles. The van der Waals surface area contributed by atoms with E-state index in [0.717, 1.165) is 29.7 Å². The molecular weight excluding hydrogens is 328 g/mol. The molecule has 1 aromatic heterocycles. The van der Waals surface area contributed by atoms with Crippen molar-refractivity contribution in [3.8, 4) is 5.75 Å². The fraction of sp³-hybridized carbons (Fsp3) is 0.524. The summed E-state index contributed by atoms with van der Waals surface area (Å²) in [7, 11) is 0. The topological polar surface area (TPSA) is 74.4 Å². The minimum atomic E-state index is -1.27. The lowest BCUT2D eigenvalue weighted by Gasteiger charge is -2.22. The number of carbonyl (C=O) groups is 1. The molecule has 0 saturated carbocycles. The molecule has 0 aliphatic carbocycles. The van der Waals surface area contributed by atoms with Crippen molar-refractivity contribution in [2.24, 2.45) is 5.73 Å². The summed E-state index contributed by atoms with van der Waals surface area (Å²) < 4.78 is 10.9. The Kier molecular flexibility index (Phi) is 7.39. The van der Waals surface area contributed by atoms with Gasteiger partial charge in [0.2, 0.25) is 0 Å². The maximum Gasteiger partial charge on any atom is 0.332 e. The van der Waals surface area contributed by atoms with Gasteiger partial charge in [-0.25, -0.2) is 4.79 Å². The lowest BCUT2D eigenvalue weighted by atomic mass is 9.98. The highest BCUT2D eigenvalue weighted by Crippen LogP contribution is 2.24. The second-order valence-corrected chi connectivity index (χ2v) is 6.74. The molecule has 0 aliphatic heterocycles. The van der Waals surface area contributed by atoms with Gasteiger partial charge in [-0.3, -0.25) is 4.98 Å². The average Bonchev–Trinajstić information content (AvgIpc) is 2.64. The highest BCUT2D eigenvalue weighted by molar-refractivity contribution is 5.84. The van der Waals surface area contributed by atoms with E-state index < -0.39 is 11.5 Å². The number of ether oxygens (including phenoxy) is 2. The van der Waals surface area contributed by atoms with E-state index in [1.807, 2.05) is 24.3 Å². The van der Waals surface area contributed by atoms with E-state index in [-0.39, 0.29) is 0 Å². The first-order chi connectivity index (χ1) is 12.5. The third-order valence-corrected chi connectivity index (χ3v) is 4.41. The van der Waals surface area contributed by atoms with E-state index in [1.165, 1.54) is 25.7 Å². The quantitative estimate of drug-likeness (QED) is 0.506. The number of aromatic nitrogens is 1. The molecule has 0 radical (unpaired) electrons. The first-order valence-electron chi connectivity index (χ1n) is 9.49. The summed E-state index contributed by atoms with van der Waals surface area (Å²) in [6.45, 7) is 6.61. The molecule has 0 aliphatic rings. The van der Waals surface area contributed by atoms with E-state index in [9.17, 15) is 4.79 Å². The summed E-state index contributed by atoms with van der Waals surface area (Å²) in [5.74, 6) is 0.360. The first-order valence-corrected chi connectivity index (χ1v) is 9.49. The van der Waals surface area contributed by atoms with Gasteiger partial charge in [0.25, 0.3) is 0 Å². The zero-order chi connectivity index (χ0) is 19.0. The van der Waals surface area contributed by atoms with Gasteiger partial charge in [0.1, 0.15) is 5.75 Å². The normalized spacial score (nSPS) is 13.4. The average molecular weight is 358 g/mol. The molecule has 0 amide bonds. The Bertz CT molecular complexity index is 728. The number of hydrogen-bond donors (Lipinski definition) is 1. The highest BCUT2D eigenvalue weighted by Gasteiger charge is 2.33. The Morgan fingerprint density at radius 2 is 1.88 bits per heavy atom. The Balaban J connectivity index is 2.04. The van der Waals surface area contributed by atoms with E-state index in [4.69, 9.17) is 15.2 Å². The Labute approximate surface area is 155 Å². The van der Waals surface area contributed by atoms with Gasteiger partial charge in [-0.1, -0.05) is 38.7 Å². The number of hydrogen-bond acceptors (Lipinski definition) is 5. The molecule has 26 heavy (non-hydrogen) atoms. The lowest BCUT2D eigenvalue weighted by Crippen LogP contribution is -2.43. The van der Waals surface area contributed by atoms with Crippen LogP contribution in [-0.4, -0.2) is 24.2 Å². The van der Waals surface area contributed by atoms with Crippen molar-refractivity contribution < 1.29 is 14.3 Å². The van der Waals surface area contributed by atoms with Crippen LogP contribution >= 0.6 is 0 Å². The molecule has 0 fully saturated rings. The third kappa shape index (κ3) is 5.18. The minimum absolute atomic E-state index is 0.290. The molecule has 2 N–H and O–H groups in total. The summed E-state index contributed by atoms with van der Waals surface area (Å²) in [6, 6.07) is 9.45. The Hall–Kier alpha value is -2.14. The lowest BCUT2D eigenvalue weighted by molar-refractivity contribution is -0.149. The van der Waals surface area contributed by atoms with Crippen molar-refractivity contribution in [3.05, 3.63) is 36.0 Å². The maximum atomic E-state index is 12.1. The third-order valence-electron chi connectivity index (χ3n) is 4.41. The van der Waals surface area contributed by atoms with E-state index in [1.54, 1.807) is 19.9 Å². The van der Waals surface area contributed by atoms with Crippen LogP contribution in [0.1, 0.15) is 58.6 Å². The fourth-order valence-corrected chi connectivity index (χ4v) is 2.76. The molecule has 0 saturated heterocycles. The first kappa shape index (κ1) is 20.2. The summed E-state index contributed by atoms with van der Waals surface area (Å²) in [5.41, 5.74) is 6.15. The zero-order valence-corrected chi connectivity index (χ0v) is 16.1. The van der Waals surface area contributed by atoms with Crippen LogP contribution in [0, 0.1) is 0 Å². The van der Waals surface area contributed by atoms with Crippen molar-refractivity contribution in [2.75, 3.05) is 13.2 Å². The van der Waals surface area contributed by atoms with E-state index in [0.29, 0.717) is 12.3 Å². The highest BCUT2D eigenvalue weighted by atomic mass is 16.5. The predicted molar refractivity (Wildman–Crippen MR) is 104 cm³/mol. The monoisotopic (exact) mass is 358 g/mol. The molecule has 2 aromatic rings. The number of unbranched alkanes of at least 4 members (excludes halogenated alkanes) is 4. The number of nitrogens with two attached hydrogens (primary N) is 1. The van der Waals surface area contributed by atoms with Crippen LogP contribution in [0.25, 0.3) is 10.9 Å². The van der Waals surface area contributed by atoms with Crippen LogP contribution in [0.5, 0.6) is 5.75 Å². The summed E-state index contributed by atoms with van der Waals surface area (Å²) in [5, 5.41) is 0.955. The molecule has 0 spiro atoms. The molecule has 142 valence electrons. The molecule has 2 rings (SSSR count). The van der Waals surface area contributed by atoms with Crippen molar-refractivity contribution in [1.29, 1.82) is 0 Å². The second kappa shape index (κ2) is 9.53. The Morgan fingerprint density at radius 1 is 1.12 bits per heavy atom. The SMILES string of the molecule is CCCCCCCOc1ccc2nc([C@](C)(N)C(=O)OCC)ccc2c1.